The van der Waals surface area contributed by atoms with Crippen LogP contribution in [0.3, 0.4) is 0 Å². The van der Waals surface area contributed by atoms with Crippen LogP contribution in [-0.4, -0.2) is 34.0 Å². The van der Waals surface area contributed by atoms with Crippen molar-refractivity contribution in [1.82, 2.24) is 9.97 Å². The van der Waals surface area contributed by atoms with E-state index in [1.807, 2.05) is 13.8 Å². The molecule has 2 aromatic rings. The number of aryl methyl sites for hydroxylation is 1. The molecule has 140 valence electrons. The van der Waals surface area contributed by atoms with E-state index in [9.17, 15) is 4.79 Å². The molecule has 26 heavy (non-hydrogen) atoms. The number of aromatic amines is 1. The standard InChI is InChI=1S/C17H20Cl2N4O3/c1-9(2)26-15-13(18)6-11(7-14(15)19)8-20-23-17-21-10(3)12(4-5-24)16(25)22-17/h6-9,24H,4-5H2,1-3H3,(H2,21,22,23,25)/b20-8-. The van der Waals surface area contributed by atoms with Crippen molar-refractivity contribution >= 4 is 35.4 Å². The number of aliphatic hydroxyl groups excluding tert-OH is 1. The number of nitrogens with zero attached hydrogens (tertiary/aromatic N) is 2. The van der Waals surface area contributed by atoms with E-state index in [1.54, 1.807) is 19.1 Å². The number of halogens is 2. The van der Waals surface area contributed by atoms with Gasteiger partial charge in [0.1, 0.15) is 0 Å². The molecule has 0 aliphatic heterocycles. The van der Waals surface area contributed by atoms with E-state index in [1.165, 1.54) is 6.21 Å². The molecule has 0 unspecified atom stereocenters. The van der Waals surface area contributed by atoms with E-state index >= 15 is 0 Å². The van der Waals surface area contributed by atoms with Gasteiger partial charge in [-0.2, -0.15) is 5.10 Å². The lowest BCUT2D eigenvalue weighted by atomic mass is 10.2. The molecule has 2 rings (SSSR count). The van der Waals surface area contributed by atoms with Crippen molar-refractivity contribution in [3.63, 3.8) is 0 Å². The fourth-order valence-electron chi connectivity index (χ4n) is 2.24. The first kappa shape index (κ1) is 20.2. The maximum Gasteiger partial charge on any atom is 0.255 e. The molecule has 1 aromatic heterocycles. The van der Waals surface area contributed by atoms with Gasteiger partial charge in [0.2, 0.25) is 5.95 Å². The van der Waals surface area contributed by atoms with Gasteiger partial charge in [0.25, 0.3) is 5.56 Å². The number of ether oxygens (including phenoxy) is 1. The SMILES string of the molecule is Cc1nc(N/N=C\c2cc(Cl)c(OC(C)C)c(Cl)c2)[nH]c(=O)c1CCO. The largest absolute Gasteiger partial charge is 0.488 e. The smallest absolute Gasteiger partial charge is 0.255 e. The van der Waals surface area contributed by atoms with Gasteiger partial charge in [-0.25, -0.2) is 10.4 Å². The molecular weight excluding hydrogens is 379 g/mol. The number of nitrogens with one attached hydrogen (secondary N) is 2. The normalized spacial score (nSPS) is 11.3. The predicted molar refractivity (Wildman–Crippen MR) is 104 cm³/mol. The van der Waals surface area contributed by atoms with E-state index in [0.717, 1.165) is 0 Å². The Morgan fingerprint density at radius 3 is 2.58 bits per heavy atom. The van der Waals surface area contributed by atoms with Crippen LogP contribution in [0.15, 0.2) is 22.0 Å². The van der Waals surface area contributed by atoms with Crippen molar-refractivity contribution in [3.05, 3.63) is 49.4 Å². The lowest BCUT2D eigenvalue weighted by molar-refractivity contribution is 0.243. The molecule has 0 fully saturated rings. The van der Waals surface area contributed by atoms with Gasteiger partial charge in [-0.3, -0.25) is 9.78 Å². The summed E-state index contributed by atoms with van der Waals surface area (Å²) >= 11 is 12.4. The summed E-state index contributed by atoms with van der Waals surface area (Å²) in [6.45, 7) is 5.35. The third-order valence-corrected chi connectivity index (χ3v) is 3.90. The molecule has 9 heteroatoms. The Hall–Kier alpha value is -2.09. The maximum atomic E-state index is 12.0. The van der Waals surface area contributed by atoms with E-state index < -0.39 is 0 Å². The Bertz CT molecular complexity index is 843. The van der Waals surface area contributed by atoms with Gasteiger partial charge in [-0.1, -0.05) is 23.2 Å². The molecule has 0 spiro atoms. The van der Waals surface area contributed by atoms with E-state index in [-0.39, 0.29) is 30.6 Å². The lowest BCUT2D eigenvalue weighted by Crippen LogP contribution is -2.19. The monoisotopic (exact) mass is 398 g/mol. The summed E-state index contributed by atoms with van der Waals surface area (Å²) in [7, 11) is 0. The molecule has 0 radical (unpaired) electrons. The zero-order chi connectivity index (χ0) is 19.3. The highest BCUT2D eigenvalue weighted by Gasteiger charge is 2.11. The average molecular weight is 399 g/mol. The zero-order valence-electron chi connectivity index (χ0n) is 14.6. The van der Waals surface area contributed by atoms with Gasteiger partial charge in [-0.15, -0.1) is 0 Å². The molecule has 3 N–H and O–H groups in total. The number of hydrogen-bond acceptors (Lipinski definition) is 6. The summed E-state index contributed by atoms with van der Waals surface area (Å²) in [4.78, 5) is 18.7. The van der Waals surface area contributed by atoms with Gasteiger partial charge in [0.15, 0.2) is 5.75 Å². The minimum Gasteiger partial charge on any atom is -0.488 e. The van der Waals surface area contributed by atoms with Crippen LogP contribution in [-0.2, 0) is 6.42 Å². The highest BCUT2D eigenvalue weighted by molar-refractivity contribution is 6.37. The van der Waals surface area contributed by atoms with Crippen LogP contribution in [0.25, 0.3) is 0 Å². The molecule has 0 aliphatic carbocycles. The molecule has 0 saturated heterocycles. The summed E-state index contributed by atoms with van der Waals surface area (Å²) in [6, 6.07) is 3.34. The number of anilines is 1. The molecule has 7 nitrogen and oxygen atoms in total. The minimum absolute atomic E-state index is 0.0499. The van der Waals surface area contributed by atoms with Crippen molar-refractivity contribution in [2.24, 2.45) is 5.10 Å². The average Bonchev–Trinajstić information content (AvgIpc) is 2.54. The summed E-state index contributed by atoms with van der Waals surface area (Å²) < 4.78 is 5.57. The van der Waals surface area contributed by atoms with Gasteiger partial charge in [0, 0.05) is 18.6 Å². The van der Waals surface area contributed by atoms with Gasteiger partial charge in [0.05, 0.1) is 28.1 Å². The van der Waals surface area contributed by atoms with Gasteiger partial charge >= 0.3 is 0 Å². The van der Waals surface area contributed by atoms with Crippen LogP contribution < -0.4 is 15.7 Å². The number of aliphatic hydroxyl groups is 1. The second-order valence-electron chi connectivity index (χ2n) is 5.80. The number of hydrogen-bond donors (Lipinski definition) is 3. The first-order valence-corrected chi connectivity index (χ1v) is 8.72. The Morgan fingerprint density at radius 2 is 2.04 bits per heavy atom. The van der Waals surface area contributed by atoms with Crippen LogP contribution in [0.2, 0.25) is 10.0 Å². The topological polar surface area (TPSA) is 99.6 Å². The quantitative estimate of drug-likeness (QED) is 0.491. The fourth-order valence-corrected chi connectivity index (χ4v) is 2.83. The molecule has 0 saturated carbocycles. The first-order chi connectivity index (χ1) is 12.3. The summed E-state index contributed by atoms with van der Waals surface area (Å²) in [5, 5.41) is 13.8. The van der Waals surface area contributed by atoms with E-state index in [4.69, 9.17) is 33.0 Å². The summed E-state index contributed by atoms with van der Waals surface area (Å²) in [6.07, 6.45) is 1.69. The molecular formula is C17H20Cl2N4O3. The zero-order valence-corrected chi connectivity index (χ0v) is 16.1. The van der Waals surface area contributed by atoms with Crippen LogP contribution in [0.5, 0.6) is 5.75 Å². The fraction of sp³-hybridized carbons (Fsp3) is 0.353. The number of aromatic nitrogens is 2. The van der Waals surface area contributed by atoms with Gasteiger partial charge in [-0.05, 0) is 38.5 Å². The van der Waals surface area contributed by atoms with Crippen molar-refractivity contribution < 1.29 is 9.84 Å². The van der Waals surface area contributed by atoms with Crippen molar-refractivity contribution in [2.45, 2.75) is 33.3 Å². The van der Waals surface area contributed by atoms with Crippen molar-refractivity contribution in [3.8, 4) is 5.75 Å². The Labute approximate surface area is 161 Å². The second-order valence-corrected chi connectivity index (χ2v) is 6.62. The van der Waals surface area contributed by atoms with Crippen LogP contribution in [0, 0.1) is 6.92 Å². The Balaban J connectivity index is 2.15. The van der Waals surface area contributed by atoms with Crippen molar-refractivity contribution in [1.29, 1.82) is 0 Å². The third-order valence-electron chi connectivity index (χ3n) is 3.34. The van der Waals surface area contributed by atoms with Crippen molar-refractivity contribution in [2.75, 3.05) is 12.0 Å². The number of benzene rings is 1. The summed E-state index contributed by atoms with van der Waals surface area (Å²) in [5.74, 6) is 0.622. The lowest BCUT2D eigenvalue weighted by Gasteiger charge is -2.13. The van der Waals surface area contributed by atoms with Gasteiger partial charge < -0.3 is 9.84 Å². The summed E-state index contributed by atoms with van der Waals surface area (Å²) in [5.41, 5.74) is 3.97. The minimum atomic E-state index is -0.314. The highest BCUT2D eigenvalue weighted by Crippen LogP contribution is 2.34. The molecule has 0 bridgehead atoms. The molecule has 1 aromatic carbocycles. The number of H-pyrrole nitrogens is 1. The molecule has 0 amide bonds. The predicted octanol–water partition coefficient (Wildman–Crippen LogP) is 3.15. The van der Waals surface area contributed by atoms with Crippen LogP contribution >= 0.6 is 23.2 Å². The van der Waals surface area contributed by atoms with Crippen LogP contribution in [0.4, 0.5) is 5.95 Å². The van der Waals surface area contributed by atoms with E-state index in [0.29, 0.717) is 32.6 Å². The third kappa shape index (κ3) is 5.20. The Morgan fingerprint density at radius 1 is 1.38 bits per heavy atom. The number of hydrazone groups is 1. The van der Waals surface area contributed by atoms with E-state index in [2.05, 4.69) is 20.5 Å². The first-order valence-electron chi connectivity index (χ1n) is 7.97. The second kappa shape index (κ2) is 9.02. The highest BCUT2D eigenvalue weighted by atomic mass is 35.5. The molecule has 1 heterocycles. The maximum absolute atomic E-state index is 12.0. The molecule has 0 aliphatic rings. The molecule has 0 atom stereocenters. The number of rotatable bonds is 7. The van der Waals surface area contributed by atoms with Crippen LogP contribution in [0.1, 0.15) is 30.7 Å². The Kier molecular flexibility index (Phi) is 7.02.